The van der Waals surface area contributed by atoms with Crippen LogP contribution in [-0.2, 0) is 4.79 Å². The lowest BCUT2D eigenvalue weighted by Crippen LogP contribution is -2.47. The summed E-state index contributed by atoms with van der Waals surface area (Å²) in [6, 6.07) is 0.805. The van der Waals surface area contributed by atoms with Gasteiger partial charge in [0.25, 0.3) is 0 Å². The van der Waals surface area contributed by atoms with Gasteiger partial charge in [-0.05, 0) is 44.4 Å². The number of amides is 1. The van der Waals surface area contributed by atoms with Crippen LogP contribution in [-0.4, -0.2) is 54.5 Å². The molecule has 1 saturated heterocycles. The van der Waals surface area contributed by atoms with E-state index in [4.69, 9.17) is 5.73 Å². The first-order chi connectivity index (χ1) is 9.06. The van der Waals surface area contributed by atoms with Crippen molar-refractivity contribution >= 4 is 5.91 Å². The zero-order chi connectivity index (χ0) is 13.8. The number of nitrogens with two attached hydrogens (primary N) is 1. The summed E-state index contributed by atoms with van der Waals surface area (Å²) in [6.45, 7) is 4.84. The molecule has 1 aliphatic heterocycles. The number of likely N-dealkylation sites (N-methyl/N-ethyl adjacent to an activating group) is 1. The molecular formula is C15H29N3O. The number of likely N-dealkylation sites (tertiary alicyclic amines) is 1. The average molecular weight is 267 g/mol. The van der Waals surface area contributed by atoms with Crippen LogP contribution in [0.3, 0.4) is 0 Å². The molecule has 110 valence electrons. The zero-order valence-electron chi connectivity index (χ0n) is 12.5. The summed E-state index contributed by atoms with van der Waals surface area (Å²) in [4.78, 5) is 16.6. The molecule has 2 N–H and O–H groups in total. The van der Waals surface area contributed by atoms with E-state index in [2.05, 4.69) is 11.8 Å². The van der Waals surface area contributed by atoms with Gasteiger partial charge in [-0.3, -0.25) is 9.69 Å². The number of piperidine rings is 1. The van der Waals surface area contributed by atoms with E-state index in [0.29, 0.717) is 18.6 Å². The zero-order valence-corrected chi connectivity index (χ0v) is 12.5. The van der Waals surface area contributed by atoms with Gasteiger partial charge >= 0.3 is 0 Å². The predicted octanol–water partition coefficient (Wildman–Crippen LogP) is 1.45. The molecule has 0 aromatic rings. The van der Waals surface area contributed by atoms with Gasteiger partial charge in [0.1, 0.15) is 0 Å². The molecule has 0 unspecified atom stereocenters. The Morgan fingerprint density at radius 1 is 1.16 bits per heavy atom. The number of hydrogen-bond donors (Lipinski definition) is 1. The third-order valence-electron chi connectivity index (χ3n) is 4.92. The molecule has 4 nitrogen and oxygen atoms in total. The van der Waals surface area contributed by atoms with Crippen LogP contribution in [0, 0.1) is 5.92 Å². The smallest absolute Gasteiger partial charge is 0.236 e. The van der Waals surface area contributed by atoms with Crippen molar-refractivity contribution in [3.63, 3.8) is 0 Å². The molecular weight excluding hydrogens is 238 g/mol. The fraction of sp³-hybridized carbons (Fsp3) is 0.933. The Labute approximate surface area is 117 Å². The van der Waals surface area contributed by atoms with E-state index in [1.54, 1.807) is 0 Å². The number of carbonyl (C=O) groups is 1. The van der Waals surface area contributed by atoms with Crippen LogP contribution in [0.4, 0.5) is 0 Å². The molecule has 1 amide bonds. The first-order valence-corrected chi connectivity index (χ1v) is 7.80. The van der Waals surface area contributed by atoms with Gasteiger partial charge in [0.15, 0.2) is 0 Å². The highest BCUT2D eigenvalue weighted by molar-refractivity contribution is 5.78. The minimum atomic E-state index is 0.287. The molecule has 0 aromatic heterocycles. The van der Waals surface area contributed by atoms with Crippen molar-refractivity contribution in [2.75, 3.05) is 26.7 Å². The molecule has 1 aliphatic carbocycles. The second-order valence-electron chi connectivity index (χ2n) is 6.53. The maximum atomic E-state index is 12.3. The quantitative estimate of drug-likeness (QED) is 0.842. The Hall–Kier alpha value is -0.610. The van der Waals surface area contributed by atoms with E-state index in [9.17, 15) is 4.79 Å². The Morgan fingerprint density at radius 3 is 2.32 bits per heavy atom. The van der Waals surface area contributed by atoms with Crippen molar-refractivity contribution in [3.8, 4) is 0 Å². The fourth-order valence-corrected chi connectivity index (χ4v) is 3.25. The van der Waals surface area contributed by atoms with Gasteiger partial charge in [-0.25, -0.2) is 0 Å². The minimum absolute atomic E-state index is 0.287. The fourth-order valence-electron chi connectivity index (χ4n) is 3.25. The SMILES string of the molecule is CC1CCC(N(C)C(=O)CN2CCC(N)CC2)CC1. The van der Waals surface area contributed by atoms with Crippen molar-refractivity contribution in [1.29, 1.82) is 0 Å². The molecule has 4 heteroatoms. The summed E-state index contributed by atoms with van der Waals surface area (Å²) in [7, 11) is 1.98. The number of nitrogens with zero attached hydrogens (tertiary/aromatic N) is 2. The maximum Gasteiger partial charge on any atom is 0.236 e. The van der Waals surface area contributed by atoms with Crippen LogP contribution in [0.2, 0.25) is 0 Å². The third-order valence-corrected chi connectivity index (χ3v) is 4.92. The molecule has 1 heterocycles. The van der Waals surface area contributed by atoms with Crippen molar-refractivity contribution in [2.24, 2.45) is 11.7 Å². The summed E-state index contributed by atoms with van der Waals surface area (Å²) in [5, 5.41) is 0. The van der Waals surface area contributed by atoms with Crippen molar-refractivity contribution in [1.82, 2.24) is 9.80 Å². The minimum Gasteiger partial charge on any atom is -0.342 e. The highest BCUT2D eigenvalue weighted by atomic mass is 16.2. The van der Waals surface area contributed by atoms with Crippen LogP contribution >= 0.6 is 0 Å². The highest BCUT2D eigenvalue weighted by Crippen LogP contribution is 2.26. The van der Waals surface area contributed by atoms with E-state index in [1.165, 1.54) is 25.7 Å². The lowest BCUT2D eigenvalue weighted by atomic mass is 9.87. The van der Waals surface area contributed by atoms with Crippen LogP contribution in [0.25, 0.3) is 0 Å². The average Bonchev–Trinajstić information content (AvgIpc) is 2.41. The van der Waals surface area contributed by atoms with Gasteiger partial charge in [0, 0.05) is 32.2 Å². The van der Waals surface area contributed by atoms with Crippen molar-refractivity contribution < 1.29 is 4.79 Å². The van der Waals surface area contributed by atoms with Gasteiger partial charge in [0.05, 0.1) is 6.54 Å². The van der Waals surface area contributed by atoms with Crippen LogP contribution in [0.15, 0.2) is 0 Å². The Kier molecular flexibility index (Phi) is 5.22. The molecule has 2 rings (SSSR count). The maximum absolute atomic E-state index is 12.3. The number of carbonyl (C=O) groups excluding carboxylic acids is 1. The molecule has 0 atom stereocenters. The van der Waals surface area contributed by atoms with Crippen molar-refractivity contribution in [2.45, 2.75) is 57.5 Å². The third kappa shape index (κ3) is 4.18. The Morgan fingerprint density at radius 2 is 1.74 bits per heavy atom. The summed E-state index contributed by atoms with van der Waals surface area (Å²) in [5.74, 6) is 1.12. The number of rotatable bonds is 3. The van der Waals surface area contributed by atoms with Gasteiger partial charge in [0.2, 0.25) is 5.91 Å². The monoisotopic (exact) mass is 267 g/mol. The topological polar surface area (TPSA) is 49.6 Å². The first-order valence-electron chi connectivity index (χ1n) is 7.80. The van der Waals surface area contributed by atoms with E-state index in [-0.39, 0.29) is 5.91 Å². The van der Waals surface area contributed by atoms with Crippen LogP contribution < -0.4 is 5.73 Å². The van der Waals surface area contributed by atoms with Gasteiger partial charge < -0.3 is 10.6 Å². The normalized spacial score (nSPS) is 30.3. The lowest BCUT2D eigenvalue weighted by molar-refractivity contribution is -0.134. The molecule has 0 radical (unpaired) electrons. The van der Waals surface area contributed by atoms with Crippen molar-refractivity contribution in [3.05, 3.63) is 0 Å². The predicted molar refractivity (Wildman–Crippen MR) is 77.8 cm³/mol. The standard InChI is InChI=1S/C15H29N3O/c1-12-3-5-14(6-4-12)17(2)15(19)11-18-9-7-13(16)8-10-18/h12-14H,3-11,16H2,1-2H3. The molecule has 19 heavy (non-hydrogen) atoms. The summed E-state index contributed by atoms with van der Waals surface area (Å²) in [5.41, 5.74) is 5.90. The Bertz CT molecular complexity index is 292. The number of hydrogen-bond acceptors (Lipinski definition) is 3. The van der Waals surface area contributed by atoms with Gasteiger partial charge in [-0.15, -0.1) is 0 Å². The summed E-state index contributed by atoms with van der Waals surface area (Å²) < 4.78 is 0. The molecule has 2 fully saturated rings. The van der Waals surface area contributed by atoms with Gasteiger partial charge in [-0.2, -0.15) is 0 Å². The molecule has 0 bridgehead atoms. The highest BCUT2D eigenvalue weighted by Gasteiger charge is 2.26. The molecule has 0 spiro atoms. The Balaban J connectivity index is 1.76. The van der Waals surface area contributed by atoms with Crippen LogP contribution in [0.1, 0.15) is 45.4 Å². The lowest BCUT2D eigenvalue weighted by Gasteiger charge is -2.36. The molecule has 2 aliphatic rings. The van der Waals surface area contributed by atoms with E-state index in [1.807, 2.05) is 11.9 Å². The summed E-state index contributed by atoms with van der Waals surface area (Å²) in [6.07, 6.45) is 6.93. The van der Waals surface area contributed by atoms with Gasteiger partial charge in [-0.1, -0.05) is 6.92 Å². The first kappa shape index (κ1) is 14.8. The van der Waals surface area contributed by atoms with E-state index < -0.39 is 0 Å². The largest absolute Gasteiger partial charge is 0.342 e. The second-order valence-corrected chi connectivity index (χ2v) is 6.53. The van der Waals surface area contributed by atoms with E-state index in [0.717, 1.165) is 31.8 Å². The second kappa shape index (κ2) is 6.71. The van der Waals surface area contributed by atoms with Crippen LogP contribution in [0.5, 0.6) is 0 Å². The van der Waals surface area contributed by atoms with E-state index >= 15 is 0 Å². The summed E-state index contributed by atoms with van der Waals surface area (Å²) >= 11 is 0. The molecule has 1 saturated carbocycles. The molecule has 0 aromatic carbocycles.